The molecule has 1 aromatic rings. The number of allylic oxidation sites excluding steroid dienone is 5. The first-order valence-corrected chi connectivity index (χ1v) is 6.89. The van der Waals surface area contributed by atoms with E-state index in [1.807, 2.05) is 19.1 Å². The summed E-state index contributed by atoms with van der Waals surface area (Å²) in [5.74, 6) is 0.582. The highest BCUT2D eigenvalue weighted by atomic mass is 16.1. The summed E-state index contributed by atoms with van der Waals surface area (Å²) < 4.78 is 0. The number of H-pyrrole nitrogens is 1. The van der Waals surface area contributed by atoms with Crippen LogP contribution in [0, 0.1) is 0 Å². The van der Waals surface area contributed by atoms with E-state index in [9.17, 15) is 4.79 Å². The number of fused-ring (bicyclic) bond motifs is 1. The van der Waals surface area contributed by atoms with Crippen molar-refractivity contribution < 1.29 is 4.79 Å². The largest absolute Gasteiger partial charge is 0.356 e. The van der Waals surface area contributed by atoms with Crippen LogP contribution in [-0.2, 0) is 6.42 Å². The highest BCUT2D eigenvalue weighted by Crippen LogP contribution is 2.37. The third-order valence-electron chi connectivity index (χ3n) is 3.76. The number of rotatable bonds is 6. The molecule has 1 N–H and O–H groups in total. The van der Waals surface area contributed by atoms with Crippen LogP contribution in [0.1, 0.15) is 61.3 Å². The van der Waals surface area contributed by atoms with Crippen molar-refractivity contribution in [3.05, 3.63) is 59.5 Å². The lowest BCUT2D eigenvalue weighted by Gasteiger charge is -2.10. The van der Waals surface area contributed by atoms with Crippen LogP contribution in [0.15, 0.2) is 42.5 Å². The van der Waals surface area contributed by atoms with E-state index in [1.54, 1.807) is 0 Å². The van der Waals surface area contributed by atoms with E-state index >= 15 is 0 Å². The molecule has 1 aromatic heterocycles. The molecule has 1 unspecified atom stereocenters. The van der Waals surface area contributed by atoms with E-state index in [0.717, 1.165) is 25.5 Å². The van der Waals surface area contributed by atoms with Gasteiger partial charge in [-0.15, -0.1) is 0 Å². The van der Waals surface area contributed by atoms with E-state index in [1.165, 1.54) is 23.3 Å². The van der Waals surface area contributed by atoms with Gasteiger partial charge in [0.1, 0.15) is 0 Å². The van der Waals surface area contributed by atoms with Crippen molar-refractivity contribution in [2.24, 2.45) is 0 Å². The summed E-state index contributed by atoms with van der Waals surface area (Å²) in [4.78, 5) is 14.0. The van der Waals surface area contributed by atoms with Gasteiger partial charge in [-0.25, -0.2) is 0 Å². The van der Waals surface area contributed by atoms with Crippen molar-refractivity contribution in [1.82, 2.24) is 4.98 Å². The van der Waals surface area contributed by atoms with Crippen LogP contribution in [0.5, 0.6) is 0 Å². The number of nitrogens with one attached hydrogen (secondary N) is 1. The zero-order chi connectivity index (χ0) is 13.7. The van der Waals surface area contributed by atoms with E-state index in [2.05, 4.69) is 29.8 Å². The highest BCUT2D eigenvalue weighted by molar-refractivity contribution is 5.73. The van der Waals surface area contributed by atoms with Gasteiger partial charge < -0.3 is 4.98 Å². The van der Waals surface area contributed by atoms with Crippen molar-refractivity contribution in [1.29, 1.82) is 0 Å². The van der Waals surface area contributed by atoms with E-state index in [0.29, 0.717) is 11.6 Å². The molecule has 1 heterocycles. The van der Waals surface area contributed by atoms with Crippen LogP contribution < -0.4 is 0 Å². The number of hydrogen-bond donors (Lipinski definition) is 1. The van der Waals surface area contributed by atoms with Gasteiger partial charge in [0.25, 0.3) is 0 Å². The molecule has 0 spiro atoms. The third kappa shape index (κ3) is 3.60. The van der Waals surface area contributed by atoms with Crippen LogP contribution >= 0.6 is 0 Å². The first kappa shape index (κ1) is 16.2. The third-order valence-corrected chi connectivity index (χ3v) is 3.76. The number of aldehydes is 1. The Hall–Kier alpha value is -1.83. The van der Waals surface area contributed by atoms with Crippen LogP contribution in [0.3, 0.4) is 0 Å². The predicted octanol–water partition coefficient (Wildman–Crippen LogP) is 4.96. The number of aryl methyl sites for hydroxylation is 1. The molecule has 0 bridgehead atoms. The molecule has 0 aliphatic heterocycles. The van der Waals surface area contributed by atoms with E-state index < -0.39 is 0 Å². The van der Waals surface area contributed by atoms with Gasteiger partial charge in [-0.3, -0.25) is 4.79 Å². The number of aromatic nitrogens is 1. The van der Waals surface area contributed by atoms with Gasteiger partial charge in [-0.1, -0.05) is 38.3 Å². The summed E-state index contributed by atoms with van der Waals surface area (Å²) in [6.07, 6.45) is 13.5. The quantitative estimate of drug-likeness (QED) is 0.575. The van der Waals surface area contributed by atoms with Crippen LogP contribution in [0.2, 0.25) is 0 Å². The highest BCUT2D eigenvalue weighted by Gasteiger charge is 2.24. The first-order valence-electron chi connectivity index (χ1n) is 6.89. The van der Waals surface area contributed by atoms with Crippen molar-refractivity contribution in [2.45, 2.75) is 46.0 Å². The summed E-state index contributed by atoms with van der Waals surface area (Å²) >= 11 is 0. The second-order valence-electron chi connectivity index (χ2n) is 5.03. The summed E-state index contributed by atoms with van der Waals surface area (Å²) in [6, 6.07) is 2.02. The average molecular weight is 271 g/mol. The number of carbonyl (C=O) groups excluding carboxylic acids is 1. The SMILES string of the molecule is C.C=C/C=C(\C=C/C)CCC1CCc2[nH]c(C=O)cc21. The minimum absolute atomic E-state index is 0. The van der Waals surface area contributed by atoms with Crippen molar-refractivity contribution >= 4 is 6.29 Å². The molecule has 0 saturated heterocycles. The topological polar surface area (TPSA) is 32.9 Å². The lowest BCUT2D eigenvalue weighted by atomic mass is 9.94. The molecule has 2 rings (SSSR count). The Bertz CT molecular complexity index is 520. The first-order chi connectivity index (χ1) is 9.28. The monoisotopic (exact) mass is 271 g/mol. The van der Waals surface area contributed by atoms with Gasteiger partial charge in [-0.05, 0) is 55.7 Å². The maximum Gasteiger partial charge on any atom is 0.166 e. The zero-order valence-electron chi connectivity index (χ0n) is 11.5. The fourth-order valence-corrected chi connectivity index (χ4v) is 2.87. The molecule has 2 heteroatoms. The molecule has 1 aliphatic rings. The molecule has 1 atom stereocenters. The minimum atomic E-state index is 0. The molecule has 2 nitrogen and oxygen atoms in total. The molecule has 0 saturated carbocycles. The molecule has 1 aliphatic carbocycles. The zero-order valence-corrected chi connectivity index (χ0v) is 11.5. The second-order valence-corrected chi connectivity index (χ2v) is 5.03. The summed E-state index contributed by atoms with van der Waals surface area (Å²) in [5, 5.41) is 0. The average Bonchev–Trinajstić information content (AvgIpc) is 2.96. The maximum atomic E-state index is 10.8. The van der Waals surface area contributed by atoms with Gasteiger partial charge in [-0.2, -0.15) is 0 Å². The Balaban J connectivity index is 0.00000200. The summed E-state index contributed by atoms with van der Waals surface area (Å²) in [7, 11) is 0. The van der Waals surface area contributed by atoms with E-state index in [4.69, 9.17) is 0 Å². The fraction of sp³-hybridized carbons (Fsp3) is 0.389. The fourth-order valence-electron chi connectivity index (χ4n) is 2.87. The molecule has 20 heavy (non-hydrogen) atoms. The molecule has 0 amide bonds. The Morgan fingerprint density at radius 1 is 1.55 bits per heavy atom. The van der Waals surface area contributed by atoms with Crippen LogP contribution in [-0.4, -0.2) is 11.3 Å². The Kier molecular flexibility index (Phi) is 6.23. The predicted molar refractivity (Wildman–Crippen MR) is 86.3 cm³/mol. The van der Waals surface area contributed by atoms with Gasteiger partial charge in [0.05, 0.1) is 5.69 Å². The molecular formula is C18H25NO. The van der Waals surface area contributed by atoms with Gasteiger partial charge >= 0.3 is 0 Å². The van der Waals surface area contributed by atoms with Crippen LogP contribution in [0.25, 0.3) is 0 Å². The van der Waals surface area contributed by atoms with Crippen molar-refractivity contribution in [3.8, 4) is 0 Å². The normalized spacial score (nSPS) is 17.9. The molecule has 0 fully saturated rings. The Morgan fingerprint density at radius 3 is 3.00 bits per heavy atom. The Labute approximate surface area is 122 Å². The standard InChI is InChI=1S/C17H21NO.CH4/c1-3-5-13(6-4-2)7-8-14-9-10-17-16(14)11-15(12-19)18-17;/h3-6,11-12,14,18H,1,7-10H2,2H3;1H4/b6-4-,13-5+;. The summed E-state index contributed by atoms with van der Waals surface area (Å²) in [6.45, 7) is 5.79. The van der Waals surface area contributed by atoms with Crippen LogP contribution in [0.4, 0.5) is 0 Å². The van der Waals surface area contributed by atoms with Gasteiger partial charge in [0.2, 0.25) is 0 Å². The minimum Gasteiger partial charge on any atom is -0.356 e. The summed E-state index contributed by atoms with van der Waals surface area (Å²) in [5.41, 5.74) is 4.63. The number of hydrogen-bond acceptors (Lipinski definition) is 1. The lowest BCUT2D eigenvalue weighted by molar-refractivity contribution is 0.111. The van der Waals surface area contributed by atoms with Gasteiger partial charge in [0, 0.05) is 5.69 Å². The Morgan fingerprint density at radius 2 is 2.35 bits per heavy atom. The van der Waals surface area contributed by atoms with Crippen molar-refractivity contribution in [3.63, 3.8) is 0 Å². The lowest BCUT2D eigenvalue weighted by Crippen LogP contribution is -1.94. The molecular weight excluding hydrogens is 246 g/mol. The smallest absolute Gasteiger partial charge is 0.166 e. The molecule has 108 valence electrons. The number of aromatic amines is 1. The second kappa shape index (κ2) is 7.68. The molecule has 0 radical (unpaired) electrons. The van der Waals surface area contributed by atoms with Gasteiger partial charge in [0.15, 0.2) is 6.29 Å². The number of carbonyl (C=O) groups is 1. The van der Waals surface area contributed by atoms with E-state index in [-0.39, 0.29) is 7.43 Å². The molecule has 0 aromatic carbocycles. The maximum absolute atomic E-state index is 10.8. The van der Waals surface area contributed by atoms with Crippen molar-refractivity contribution in [2.75, 3.05) is 0 Å².